The van der Waals surface area contributed by atoms with Crippen molar-refractivity contribution >= 4 is 21.4 Å². The van der Waals surface area contributed by atoms with Gasteiger partial charge in [0.15, 0.2) is 5.82 Å². The number of hydrogen-bond donors (Lipinski definition) is 2. The monoisotopic (exact) mass is 316 g/mol. The molecule has 0 saturated heterocycles. The zero-order chi connectivity index (χ0) is 14.6. The summed E-state index contributed by atoms with van der Waals surface area (Å²) in [5.41, 5.74) is 0.949. The molecule has 0 unspecified atom stereocenters. The summed E-state index contributed by atoms with van der Waals surface area (Å²) in [6.07, 6.45) is 0.370. The van der Waals surface area contributed by atoms with Crippen molar-refractivity contribution in [2.24, 2.45) is 0 Å². The number of aromatic nitrogens is 2. The van der Waals surface area contributed by atoms with Crippen LogP contribution in [0.15, 0.2) is 20.2 Å². The molecule has 7 nitrogen and oxygen atoms in total. The predicted octanol–water partition coefficient (Wildman–Crippen LogP) is 0.680. The van der Waals surface area contributed by atoms with Crippen molar-refractivity contribution < 1.29 is 12.9 Å². The third-order valence-electron chi connectivity index (χ3n) is 2.48. The largest absolute Gasteiger partial charge is 0.339 e. The standard InChI is InChI=1S/C11H16N4O3S2/c1-8-14-10(18-15-8)3-4-13-20(16,17)11-5-9(6-12-2)7-19-11/h5,7,12-13H,3-4,6H2,1-2H3. The van der Waals surface area contributed by atoms with Gasteiger partial charge in [-0.2, -0.15) is 4.98 Å². The smallest absolute Gasteiger partial charge is 0.250 e. The van der Waals surface area contributed by atoms with Crippen molar-refractivity contribution in [2.45, 2.75) is 24.1 Å². The van der Waals surface area contributed by atoms with Gasteiger partial charge < -0.3 is 9.84 Å². The Morgan fingerprint density at radius 2 is 2.25 bits per heavy atom. The molecule has 20 heavy (non-hydrogen) atoms. The minimum atomic E-state index is -3.47. The molecular weight excluding hydrogens is 300 g/mol. The molecule has 2 N–H and O–H groups in total. The van der Waals surface area contributed by atoms with Gasteiger partial charge in [-0.15, -0.1) is 11.3 Å². The summed E-state index contributed by atoms with van der Waals surface area (Å²) in [5.74, 6) is 0.963. The van der Waals surface area contributed by atoms with Crippen LogP contribution in [0.2, 0.25) is 0 Å². The molecule has 0 atom stereocenters. The molecule has 2 rings (SSSR count). The number of thiophene rings is 1. The molecule has 0 radical (unpaired) electrons. The van der Waals surface area contributed by atoms with E-state index < -0.39 is 10.0 Å². The Labute approximate surface area is 121 Å². The summed E-state index contributed by atoms with van der Waals surface area (Å²) in [5, 5.41) is 8.45. The van der Waals surface area contributed by atoms with Crippen LogP contribution in [0.25, 0.3) is 0 Å². The van der Waals surface area contributed by atoms with Gasteiger partial charge in [0.05, 0.1) is 0 Å². The highest BCUT2D eigenvalue weighted by Crippen LogP contribution is 2.19. The summed E-state index contributed by atoms with van der Waals surface area (Å²) >= 11 is 1.20. The molecule has 0 aliphatic rings. The fraction of sp³-hybridized carbons (Fsp3) is 0.455. The molecule has 0 aromatic carbocycles. The van der Waals surface area contributed by atoms with E-state index in [0.29, 0.717) is 28.9 Å². The molecule has 0 aliphatic heterocycles. The van der Waals surface area contributed by atoms with E-state index in [2.05, 4.69) is 20.2 Å². The zero-order valence-corrected chi connectivity index (χ0v) is 12.8. The normalized spacial score (nSPS) is 11.9. The number of rotatable bonds is 7. The fourth-order valence-corrected chi connectivity index (χ4v) is 3.88. The molecule has 0 saturated carbocycles. The minimum Gasteiger partial charge on any atom is -0.339 e. The van der Waals surface area contributed by atoms with E-state index in [0.717, 1.165) is 5.56 Å². The topological polar surface area (TPSA) is 97.1 Å². The van der Waals surface area contributed by atoms with E-state index in [1.165, 1.54) is 11.3 Å². The molecule has 0 aliphatic carbocycles. The van der Waals surface area contributed by atoms with Crippen LogP contribution in [0.3, 0.4) is 0 Å². The number of sulfonamides is 1. The van der Waals surface area contributed by atoms with Crippen LogP contribution in [0.5, 0.6) is 0 Å². The first-order chi connectivity index (χ1) is 9.51. The molecule has 0 fully saturated rings. The van der Waals surface area contributed by atoms with Gasteiger partial charge in [-0.3, -0.25) is 0 Å². The first-order valence-electron chi connectivity index (χ1n) is 6.02. The average Bonchev–Trinajstić information content (AvgIpc) is 2.99. The molecule has 110 valence electrons. The number of hydrogen-bond acceptors (Lipinski definition) is 7. The molecule has 0 bridgehead atoms. The van der Waals surface area contributed by atoms with Gasteiger partial charge in [-0.25, -0.2) is 13.1 Å². The van der Waals surface area contributed by atoms with Gasteiger partial charge in [0.1, 0.15) is 4.21 Å². The van der Waals surface area contributed by atoms with E-state index in [9.17, 15) is 8.42 Å². The van der Waals surface area contributed by atoms with E-state index >= 15 is 0 Å². The molecule has 0 spiro atoms. The number of nitrogens with zero attached hydrogens (tertiary/aromatic N) is 2. The maximum absolute atomic E-state index is 12.1. The predicted molar refractivity (Wildman–Crippen MR) is 75.0 cm³/mol. The average molecular weight is 316 g/mol. The molecule has 9 heteroatoms. The SMILES string of the molecule is CNCc1csc(S(=O)(=O)NCCc2nc(C)no2)c1. The Morgan fingerprint density at radius 1 is 1.45 bits per heavy atom. The summed E-state index contributed by atoms with van der Waals surface area (Å²) in [6, 6.07) is 1.67. The van der Waals surface area contributed by atoms with Crippen molar-refractivity contribution in [3.63, 3.8) is 0 Å². The Balaban J connectivity index is 1.92. The quantitative estimate of drug-likeness (QED) is 0.779. The van der Waals surface area contributed by atoms with Crippen LogP contribution in [0.1, 0.15) is 17.3 Å². The lowest BCUT2D eigenvalue weighted by Crippen LogP contribution is -2.25. The lowest BCUT2D eigenvalue weighted by molar-refractivity contribution is 0.375. The second-order valence-corrected chi connectivity index (χ2v) is 7.09. The Kier molecular flexibility index (Phi) is 4.86. The highest BCUT2D eigenvalue weighted by atomic mass is 32.2. The lowest BCUT2D eigenvalue weighted by Gasteiger charge is -2.02. The third kappa shape index (κ3) is 3.85. The number of nitrogens with one attached hydrogen (secondary N) is 2. The second-order valence-electron chi connectivity index (χ2n) is 4.19. The van der Waals surface area contributed by atoms with Crippen LogP contribution in [0, 0.1) is 6.92 Å². The van der Waals surface area contributed by atoms with Crippen LogP contribution in [-0.4, -0.2) is 32.2 Å². The van der Waals surface area contributed by atoms with Gasteiger partial charge in [-0.05, 0) is 31.0 Å². The van der Waals surface area contributed by atoms with Crippen molar-refractivity contribution in [3.05, 3.63) is 28.7 Å². The highest BCUT2D eigenvalue weighted by Gasteiger charge is 2.16. The first kappa shape index (κ1) is 15.1. The van der Waals surface area contributed by atoms with Crippen LogP contribution in [-0.2, 0) is 23.0 Å². The second kappa shape index (κ2) is 6.44. The maximum Gasteiger partial charge on any atom is 0.250 e. The summed E-state index contributed by atoms with van der Waals surface area (Å²) in [7, 11) is -1.65. The molecule has 2 aromatic heterocycles. The van der Waals surface area contributed by atoms with E-state index in [4.69, 9.17) is 4.52 Å². The summed E-state index contributed by atoms with van der Waals surface area (Å²) < 4.78 is 31.9. The zero-order valence-electron chi connectivity index (χ0n) is 11.2. The molecular formula is C11H16N4O3S2. The Bertz CT molecular complexity index is 663. The van der Waals surface area contributed by atoms with Gasteiger partial charge in [0.25, 0.3) is 0 Å². The van der Waals surface area contributed by atoms with Gasteiger partial charge in [0, 0.05) is 19.5 Å². The van der Waals surface area contributed by atoms with Crippen molar-refractivity contribution in [1.82, 2.24) is 20.2 Å². The summed E-state index contributed by atoms with van der Waals surface area (Å²) in [6.45, 7) is 2.59. The number of aryl methyl sites for hydroxylation is 1. The Morgan fingerprint density at radius 3 is 2.90 bits per heavy atom. The Hall–Kier alpha value is -1.29. The van der Waals surface area contributed by atoms with Gasteiger partial charge in [0.2, 0.25) is 15.9 Å². The third-order valence-corrected chi connectivity index (χ3v) is 5.43. The molecule has 2 heterocycles. The van der Waals surface area contributed by atoms with E-state index in [1.54, 1.807) is 13.0 Å². The van der Waals surface area contributed by atoms with Crippen molar-refractivity contribution in [3.8, 4) is 0 Å². The minimum absolute atomic E-state index is 0.225. The van der Waals surface area contributed by atoms with Crippen molar-refractivity contribution in [1.29, 1.82) is 0 Å². The van der Waals surface area contributed by atoms with Crippen LogP contribution in [0.4, 0.5) is 0 Å². The van der Waals surface area contributed by atoms with E-state index in [-0.39, 0.29) is 6.54 Å². The highest BCUT2D eigenvalue weighted by molar-refractivity contribution is 7.91. The van der Waals surface area contributed by atoms with Crippen LogP contribution < -0.4 is 10.0 Å². The van der Waals surface area contributed by atoms with Crippen LogP contribution >= 0.6 is 11.3 Å². The van der Waals surface area contributed by atoms with Gasteiger partial charge in [-0.1, -0.05) is 5.16 Å². The lowest BCUT2D eigenvalue weighted by atomic mass is 10.3. The molecule has 0 amide bonds. The van der Waals surface area contributed by atoms with E-state index in [1.807, 2.05) is 12.4 Å². The summed E-state index contributed by atoms with van der Waals surface area (Å²) in [4.78, 5) is 4.01. The maximum atomic E-state index is 12.1. The molecule has 2 aromatic rings. The first-order valence-corrected chi connectivity index (χ1v) is 8.38. The van der Waals surface area contributed by atoms with Gasteiger partial charge >= 0.3 is 0 Å². The van der Waals surface area contributed by atoms with Crippen molar-refractivity contribution in [2.75, 3.05) is 13.6 Å². The fourth-order valence-electron chi connectivity index (χ4n) is 1.60.